The number of nitrogens with one attached hydrogen (secondary N) is 3. The summed E-state index contributed by atoms with van der Waals surface area (Å²) in [5.41, 5.74) is 4.07. The largest absolute Gasteiger partial charge is 0.480 e. The molecule has 5 N–H and O–H groups in total. The molecule has 0 aliphatic carbocycles. The number of carbonyl (C=O) groups is 4. The van der Waals surface area contributed by atoms with Crippen molar-refractivity contribution in [3.05, 3.63) is 70.9 Å². The van der Waals surface area contributed by atoms with Gasteiger partial charge in [-0.2, -0.15) is 0 Å². The fourth-order valence-corrected chi connectivity index (χ4v) is 5.75. The van der Waals surface area contributed by atoms with Gasteiger partial charge in [-0.1, -0.05) is 50.2 Å². The molecule has 1 aromatic heterocycles. The number of aromatic amines is 1. The Morgan fingerprint density at radius 1 is 1.05 bits per heavy atom. The number of rotatable bonds is 8. The van der Waals surface area contributed by atoms with Crippen molar-refractivity contribution < 1.29 is 29.4 Å². The predicted octanol–water partition coefficient (Wildman–Crippen LogP) is 2.12. The number of aromatic nitrogens is 1. The van der Waals surface area contributed by atoms with E-state index in [-0.39, 0.29) is 24.7 Å². The van der Waals surface area contributed by atoms with Crippen LogP contribution in [0.4, 0.5) is 0 Å². The van der Waals surface area contributed by atoms with Crippen molar-refractivity contribution >= 4 is 34.6 Å². The summed E-state index contributed by atoms with van der Waals surface area (Å²) in [7, 11) is 0. The number of aliphatic hydroxyl groups is 1. The van der Waals surface area contributed by atoms with E-state index in [2.05, 4.69) is 15.6 Å². The molecule has 2 aliphatic rings. The second kappa shape index (κ2) is 10.2. The molecule has 0 fully saturated rings. The highest BCUT2D eigenvalue weighted by atomic mass is 16.4. The number of aliphatic hydroxyl groups excluding tert-OH is 1. The van der Waals surface area contributed by atoms with Gasteiger partial charge in [0.2, 0.25) is 11.8 Å². The van der Waals surface area contributed by atoms with Crippen molar-refractivity contribution in [3.63, 3.8) is 0 Å². The van der Waals surface area contributed by atoms with Crippen LogP contribution in [0.3, 0.4) is 0 Å². The fourth-order valence-electron chi connectivity index (χ4n) is 5.75. The highest BCUT2D eigenvalue weighted by Gasteiger charge is 2.49. The van der Waals surface area contributed by atoms with Crippen molar-refractivity contribution in [2.45, 2.75) is 63.9 Å². The molecular formula is C29H32N4O6. The molecule has 3 heterocycles. The standard InChI is InChI=1S/C29H32N4O6/c1-14(2)12-21(26(35)32-23(15(3)34)29(38)39)31-27(36)22-13-19-16-8-6-7-11-20(16)30-24(19)25-17-9-4-5-10-18(17)28(37)33(22)25/h4-11,14-15,21-23,25,30,34H,12-13H2,1-3H3,(H,31,36)(H,32,35)(H,38,39)/t15-,21-,22-,23+,25+/m0/s1. The first kappa shape index (κ1) is 26.4. The van der Waals surface area contributed by atoms with Gasteiger partial charge in [0, 0.05) is 28.6 Å². The second-order valence-electron chi connectivity index (χ2n) is 10.7. The number of aliphatic carboxylic acids is 1. The minimum absolute atomic E-state index is 0.00660. The predicted molar refractivity (Wildman–Crippen MR) is 143 cm³/mol. The quantitative estimate of drug-likeness (QED) is 0.300. The number of fused-ring (bicyclic) bond motifs is 7. The van der Waals surface area contributed by atoms with E-state index < -0.39 is 48.1 Å². The molecule has 204 valence electrons. The molecule has 3 amide bonds. The number of benzene rings is 2. The summed E-state index contributed by atoms with van der Waals surface area (Å²) < 4.78 is 0. The lowest BCUT2D eigenvalue weighted by molar-refractivity contribution is -0.145. The van der Waals surface area contributed by atoms with E-state index in [0.717, 1.165) is 27.7 Å². The van der Waals surface area contributed by atoms with E-state index in [1.807, 2.05) is 50.2 Å². The number of hydrogen-bond acceptors (Lipinski definition) is 5. The third-order valence-corrected chi connectivity index (χ3v) is 7.54. The Bertz CT molecular complexity index is 1460. The molecule has 3 aromatic rings. The third kappa shape index (κ3) is 4.65. The SMILES string of the molecule is CC(C)C[C@H](NC(=O)[C@@H]1Cc2c([nH]c3ccccc23)[C@H]2c3ccccc3C(=O)N21)C(=O)N[C@@H](C(=O)O)[C@H](C)O. The van der Waals surface area contributed by atoms with Crippen LogP contribution in [0.15, 0.2) is 48.5 Å². The Hall–Kier alpha value is -4.18. The lowest BCUT2D eigenvalue weighted by atomic mass is 9.89. The molecule has 0 radical (unpaired) electrons. The van der Waals surface area contributed by atoms with Crippen LogP contribution in [0.5, 0.6) is 0 Å². The summed E-state index contributed by atoms with van der Waals surface area (Å²) in [6.45, 7) is 5.03. The van der Waals surface area contributed by atoms with Gasteiger partial charge in [-0.15, -0.1) is 0 Å². The Labute approximate surface area is 225 Å². The van der Waals surface area contributed by atoms with Crippen molar-refractivity contribution in [3.8, 4) is 0 Å². The zero-order chi connectivity index (χ0) is 28.0. The molecule has 0 saturated heterocycles. The van der Waals surface area contributed by atoms with Crippen LogP contribution in [0.1, 0.15) is 60.4 Å². The monoisotopic (exact) mass is 532 g/mol. The number of hydrogen-bond donors (Lipinski definition) is 5. The molecule has 0 spiro atoms. The van der Waals surface area contributed by atoms with Crippen molar-refractivity contribution in [1.29, 1.82) is 0 Å². The average Bonchev–Trinajstić information content (AvgIpc) is 3.41. The Kier molecular flexibility index (Phi) is 6.90. The lowest BCUT2D eigenvalue weighted by Crippen LogP contribution is -2.59. The van der Waals surface area contributed by atoms with E-state index in [4.69, 9.17) is 0 Å². The first-order valence-corrected chi connectivity index (χ1v) is 13.1. The summed E-state index contributed by atoms with van der Waals surface area (Å²) in [6.07, 6.45) is -0.836. The Morgan fingerprint density at radius 2 is 1.74 bits per heavy atom. The maximum atomic E-state index is 13.9. The first-order chi connectivity index (χ1) is 18.6. The maximum Gasteiger partial charge on any atom is 0.328 e. The molecule has 0 bridgehead atoms. The molecule has 2 aliphatic heterocycles. The van der Waals surface area contributed by atoms with E-state index in [0.29, 0.717) is 5.56 Å². The van der Waals surface area contributed by atoms with E-state index in [9.17, 15) is 29.4 Å². The summed E-state index contributed by atoms with van der Waals surface area (Å²) in [5, 5.41) is 25.4. The van der Waals surface area contributed by atoms with E-state index in [1.54, 1.807) is 17.0 Å². The normalized spacial score (nSPS) is 20.1. The highest BCUT2D eigenvalue weighted by Crippen LogP contribution is 2.46. The second-order valence-corrected chi connectivity index (χ2v) is 10.7. The summed E-state index contributed by atoms with van der Waals surface area (Å²) in [5.74, 6) is -2.85. The van der Waals surface area contributed by atoms with Crippen molar-refractivity contribution in [2.24, 2.45) is 5.92 Å². The molecule has 5 atom stereocenters. The molecule has 0 unspecified atom stereocenters. The molecule has 2 aromatic carbocycles. The highest BCUT2D eigenvalue weighted by molar-refractivity contribution is 6.04. The minimum atomic E-state index is -1.52. The van der Waals surface area contributed by atoms with Crippen LogP contribution in [0.2, 0.25) is 0 Å². The Balaban J connectivity index is 1.50. The zero-order valence-corrected chi connectivity index (χ0v) is 22.0. The van der Waals surface area contributed by atoms with Gasteiger partial charge in [0.25, 0.3) is 5.91 Å². The number of carboxylic acids is 1. The molecule has 39 heavy (non-hydrogen) atoms. The van der Waals surface area contributed by atoms with Gasteiger partial charge in [0.05, 0.1) is 12.1 Å². The van der Waals surface area contributed by atoms with Gasteiger partial charge >= 0.3 is 5.97 Å². The van der Waals surface area contributed by atoms with Gasteiger partial charge in [0.1, 0.15) is 12.1 Å². The van der Waals surface area contributed by atoms with E-state index >= 15 is 0 Å². The van der Waals surface area contributed by atoms with Crippen LogP contribution in [0, 0.1) is 5.92 Å². The lowest BCUT2D eigenvalue weighted by Gasteiger charge is -2.38. The fraction of sp³-hybridized carbons (Fsp3) is 0.379. The smallest absolute Gasteiger partial charge is 0.328 e. The van der Waals surface area contributed by atoms with E-state index in [1.165, 1.54) is 6.92 Å². The van der Waals surface area contributed by atoms with Crippen molar-refractivity contribution in [2.75, 3.05) is 0 Å². The van der Waals surface area contributed by atoms with Crippen LogP contribution >= 0.6 is 0 Å². The van der Waals surface area contributed by atoms with Crippen LogP contribution in [-0.4, -0.2) is 68.0 Å². The maximum absolute atomic E-state index is 13.9. The molecule has 5 rings (SSSR count). The molecule has 10 heteroatoms. The summed E-state index contributed by atoms with van der Waals surface area (Å²) in [4.78, 5) is 57.2. The molecule has 0 saturated carbocycles. The third-order valence-electron chi connectivity index (χ3n) is 7.54. The van der Waals surface area contributed by atoms with Gasteiger partial charge < -0.3 is 30.7 Å². The topological polar surface area (TPSA) is 152 Å². The van der Waals surface area contributed by atoms with Crippen LogP contribution in [0.25, 0.3) is 10.9 Å². The number of carboxylic acid groups (broad SMARTS) is 1. The zero-order valence-electron chi connectivity index (χ0n) is 22.0. The van der Waals surface area contributed by atoms with Crippen LogP contribution in [-0.2, 0) is 20.8 Å². The van der Waals surface area contributed by atoms with Gasteiger partial charge in [-0.25, -0.2) is 4.79 Å². The van der Waals surface area contributed by atoms with Crippen molar-refractivity contribution in [1.82, 2.24) is 20.5 Å². The van der Waals surface area contributed by atoms with Gasteiger partial charge in [-0.05, 0) is 42.5 Å². The number of nitrogens with zero attached hydrogens (tertiary/aromatic N) is 1. The number of amides is 3. The summed E-state index contributed by atoms with van der Waals surface area (Å²) >= 11 is 0. The Morgan fingerprint density at radius 3 is 2.44 bits per heavy atom. The number of para-hydroxylation sites is 1. The van der Waals surface area contributed by atoms with Crippen LogP contribution < -0.4 is 10.6 Å². The summed E-state index contributed by atoms with van der Waals surface area (Å²) in [6, 6.07) is 11.1. The van der Waals surface area contributed by atoms with Gasteiger partial charge in [-0.3, -0.25) is 14.4 Å². The van der Waals surface area contributed by atoms with Gasteiger partial charge in [0.15, 0.2) is 6.04 Å². The molecular weight excluding hydrogens is 500 g/mol. The average molecular weight is 533 g/mol. The number of H-pyrrole nitrogens is 1. The molecule has 10 nitrogen and oxygen atoms in total. The first-order valence-electron chi connectivity index (χ1n) is 13.1. The number of carbonyl (C=O) groups excluding carboxylic acids is 3. The minimum Gasteiger partial charge on any atom is -0.480 e.